The molecule has 0 spiro atoms. The minimum Gasteiger partial charge on any atom is -0.306 e. The van der Waals surface area contributed by atoms with E-state index in [0.29, 0.717) is 0 Å². The summed E-state index contributed by atoms with van der Waals surface area (Å²) >= 11 is 0. The molecule has 1 aliphatic rings. The van der Waals surface area contributed by atoms with Gasteiger partial charge in [-0.25, -0.2) is 6.57 Å². The Balaban J connectivity index is 2.28. The predicted molar refractivity (Wildman–Crippen MR) is 61.5 cm³/mol. The standard InChI is InChI=1S/C13H16N2/c1-14-13(8-10-15(2)11-9-13)12-6-4-3-5-7-12/h3-7H,8-11H2,2H3. The lowest BCUT2D eigenvalue weighted by Gasteiger charge is -2.31. The summed E-state index contributed by atoms with van der Waals surface area (Å²) in [5.41, 5.74) is 0.932. The minimum atomic E-state index is -0.256. The molecule has 1 fully saturated rings. The summed E-state index contributed by atoms with van der Waals surface area (Å²) < 4.78 is 0. The maximum atomic E-state index is 7.45. The van der Waals surface area contributed by atoms with Crippen LogP contribution in [0.2, 0.25) is 0 Å². The minimum absolute atomic E-state index is 0.256. The molecule has 0 unspecified atom stereocenters. The van der Waals surface area contributed by atoms with Crippen LogP contribution in [-0.2, 0) is 5.54 Å². The van der Waals surface area contributed by atoms with Crippen molar-refractivity contribution in [2.75, 3.05) is 20.1 Å². The predicted octanol–water partition coefficient (Wildman–Crippen LogP) is 2.53. The van der Waals surface area contributed by atoms with E-state index in [1.165, 1.54) is 5.56 Å². The molecule has 0 saturated carbocycles. The largest absolute Gasteiger partial charge is 0.306 e. The van der Waals surface area contributed by atoms with E-state index in [0.717, 1.165) is 25.9 Å². The Kier molecular flexibility index (Phi) is 2.75. The molecule has 0 aliphatic carbocycles. The Morgan fingerprint density at radius 2 is 1.80 bits per heavy atom. The van der Waals surface area contributed by atoms with E-state index >= 15 is 0 Å². The molecule has 0 aromatic heterocycles. The second kappa shape index (κ2) is 4.04. The number of benzene rings is 1. The van der Waals surface area contributed by atoms with Gasteiger partial charge in [0.05, 0.1) is 0 Å². The van der Waals surface area contributed by atoms with E-state index in [1.54, 1.807) is 0 Å². The molecule has 2 heteroatoms. The van der Waals surface area contributed by atoms with Crippen molar-refractivity contribution in [3.05, 3.63) is 47.3 Å². The number of likely N-dealkylation sites (tertiary alicyclic amines) is 1. The SMILES string of the molecule is [C-]#[N+]C1(c2ccccc2)CCN(C)CC1. The van der Waals surface area contributed by atoms with Crippen molar-refractivity contribution in [3.63, 3.8) is 0 Å². The number of piperidine rings is 1. The zero-order valence-corrected chi connectivity index (χ0v) is 9.11. The van der Waals surface area contributed by atoms with E-state index in [-0.39, 0.29) is 5.54 Å². The van der Waals surface area contributed by atoms with Gasteiger partial charge in [-0.1, -0.05) is 30.3 Å². The summed E-state index contributed by atoms with van der Waals surface area (Å²) in [6.45, 7) is 9.51. The molecule has 0 N–H and O–H groups in total. The average Bonchev–Trinajstić information content (AvgIpc) is 2.32. The van der Waals surface area contributed by atoms with Crippen molar-refractivity contribution in [2.45, 2.75) is 18.4 Å². The summed E-state index contributed by atoms with van der Waals surface area (Å²) in [5, 5.41) is 0. The molecule has 1 aromatic rings. The lowest BCUT2D eigenvalue weighted by molar-refractivity contribution is 0.216. The lowest BCUT2D eigenvalue weighted by Crippen LogP contribution is -2.38. The van der Waals surface area contributed by atoms with E-state index < -0.39 is 0 Å². The molecule has 1 saturated heterocycles. The van der Waals surface area contributed by atoms with Crippen LogP contribution in [0, 0.1) is 6.57 Å². The second-order valence-electron chi connectivity index (χ2n) is 4.31. The first-order chi connectivity index (χ1) is 7.27. The Morgan fingerprint density at radius 3 is 2.33 bits per heavy atom. The van der Waals surface area contributed by atoms with Gasteiger partial charge in [0, 0.05) is 31.5 Å². The molecule has 1 heterocycles. The highest BCUT2D eigenvalue weighted by molar-refractivity contribution is 5.28. The molecule has 2 nitrogen and oxygen atoms in total. The Labute approximate surface area is 91.3 Å². The van der Waals surface area contributed by atoms with Crippen molar-refractivity contribution in [2.24, 2.45) is 0 Å². The summed E-state index contributed by atoms with van der Waals surface area (Å²) in [7, 11) is 2.12. The van der Waals surface area contributed by atoms with E-state index in [4.69, 9.17) is 6.57 Å². The van der Waals surface area contributed by atoms with Crippen LogP contribution >= 0.6 is 0 Å². The quantitative estimate of drug-likeness (QED) is 0.632. The molecule has 1 aromatic carbocycles. The van der Waals surface area contributed by atoms with Crippen LogP contribution in [0.25, 0.3) is 4.85 Å². The Hall–Kier alpha value is -1.33. The molecule has 0 bridgehead atoms. The number of hydrogen-bond donors (Lipinski definition) is 0. The Bertz CT molecular complexity index is 356. The highest BCUT2D eigenvalue weighted by Gasteiger charge is 2.41. The smallest absolute Gasteiger partial charge is 0.260 e. The van der Waals surface area contributed by atoms with Crippen molar-refractivity contribution < 1.29 is 0 Å². The summed E-state index contributed by atoms with van der Waals surface area (Å²) in [5.74, 6) is 0. The van der Waals surface area contributed by atoms with Gasteiger partial charge >= 0.3 is 0 Å². The first kappa shape index (κ1) is 10.2. The van der Waals surface area contributed by atoms with Crippen LogP contribution in [0.15, 0.2) is 30.3 Å². The van der Waals surface area contributed by atoms with Gasteiger partial charge in [0.1, 0.15) is 0 Å². The summed E-state index contributed by atoms with van der Waals surface area (Å²) in [4.78, 5) is 6.21. The molecule has 2 rings (SSSR count). The maximum Gasteiger partial charge on any atom is 0.260 e. The van der Waals surface area contributed by atoms with Crippen molar-refractivity contribution in [1.29, 1.82) is 0 Å². The fraction of sp³-hybridized carbons (Fsp3) is 0.462. The van der Waals surface area contributed by atoms with E-state index in [2.05, 4.69) is 28.9 Å². The van der Waals surface area contributed by atoms with Gasteiger partial charge in [0.2, 0.25) is 0 Å². The van der Waals surface area contributed by atoms with Crippen LogP contribution in [-0.4, -0.2) is 25.0 Å². The third-order valence-electron chi connectivity index (χ3n) is 3.34. The summed E-state index contributed by atoms with van der Waals surface area (Å²) in [6, 6.07) is 10.2. The van der Waals surface area contributed by atoms with Crippen molar-refractivity contribution in [3.8, 4) is 0 Å². The Morgan fingerprint density at radius 1 is 1.20 bits per heavy atom. The van der Waals surface area contributed by atoms with Crippen LogP contribution in [0.1, 0.15) is 18.4 Å². The second-order valence-corrected chi connectivity index (χ2v) is 4.31. The molecule has 78 valence electrons. The third-order valence-corrected chi connectivity index (χ3v) is 3.34. The molecular formula is C13H16N2. The van der Waals surface area contributed by atoms with Crippen LogP contribution in [0.3, 0.4) is 0 Å². The molecular weight excluding hydrogens is 184 g/mol. The number of rotatable bonds is 1. The molecule has 0 amide bonds. The van der Waals surface area contributed by atoms with Gasteiger partial charge in [-0.3, -0.25) is 0 Å². The van der Waals surface area contributed by atoms with Gasteiger partial charge in [-0.15, -0.1) is 0 Å². The van der Waals surface area contributed by atoms with Gasteiger partial charge in [0.15, 0.2) is 0 Å². The van der Waals surface area contributed by atoms with Gasteiger partial charge < -0.3 is 9.74 Å². The highest BCUT2D eigenvalue weighted by atomic mass is 15.1. The molecule has 0 radical (unpaired) electrons. The zero-order valence-electron chi connectivity index (χ0n) is 9.11. The number of hydrogen-bond acceptors (Lipinski definition) is 1. The molecule has 1 aliphatic heterocycles. The topological polar surface area (TPSA) is 7.60 Å². The van der Waals surface area contributed by atoms with Gasteiger partial charge in [-0.2, -0.15) is 0 Å². The van der Waals surface area contributed by atoms with E-state index in [1.807, 2.05) is 18.2 Å². The first-order valence-electron chi connectivity index (χ1n) is 5.39. The number of nitrogens with zero attached hydrogens (tertiary/aromatic N) is 2. The monoisotopic (exact) mass is 200 g/mol. The lowest BCUT2D eigenvalue weighted by atomic mass is 9.82. The van der Waals surface area contributed by atoms with Crippen molar-refractivity contribution in [1.82, 2.24) is 4.90 Å². The third kappa shape index (κ3) is 1.88. The first-order valence-corrected chi connectivity index (χ1v) is 5.39. The molecule has 0 atom stereocenters. The van der Waals surface area contributed by atoms with Crippen LogP contribution < -0.4 is 0 Å². The van der Waals surface area contributed by atoms with Gasteiger partial charge in [0.25, 0.3) is 5.54 Å². The maximum absolute atomic E-state index is 7.45. The fourth-order valence-electron chi connectivity index (χ4n) is 2.20. The normalized spacial score (nSPS) is 20.8. The van der Waals surface area contributed by atoms with Crippen molar-refractivity contribution >= 4 is 0 Å². The molecule has 15 heavy (non-hydrogen) atoms. The van der Waals surface area contributed by atoms with Crippen LogP contribution in [0.4, 0.5) is 0 Å². The summed E-state index contributed by atoms with van der Waals surface area (Å²) in [6.07, 6.45) is 1.91. The van der Waals surface area contributed by atoms with E-state index in [9.17, 15) is 0 Å². The fourth-order valence-corrected chi connectivity index (χ4v) is 2.20. The zero-order chi connectivity index (χ0) is 10.7. The average molecular weight is 200 g/mol. The van der Waals surface area contributed by atoms with Crippen LogP contribution in [0.5, 0.6) is 0 Å². The van der Waals surface area contributed by atoms with Gasteiger partial charge in [-0.05, 0) is 7.05 Å². The highest BCUT2D eigenvalue weighted by Crippen LogP contribution is 2.36.